The Morgan fingerprint density at radius 1 is 0.963 bits per heavy atom. The molecule has 0 saturated carbocycles. The second-order valence-corrected chi connectivity index (χ2v) is 8.19. The Kier molecular flexibility index (Phi) is 4.92. The molecule has 1 aromatic heterocycles. The largest absolute Gasteiger partial charge is 0.322 e. The van der Waals surface area contributed by atoms with Gasteiger partial charge in [0.15, 0.2) is 0 Å². The van der Waals surface area contributed by atoms with Crippen molar-refractivity contribution < 1.29 is 4.79 Å². The lowest BCUT2D eigenvalue weighted by atomic mass is 9.94. The molecular weight excluding hydrogens is 336 g/mol. The number of aromatic amines is 1. The molecule has 0 fully saturated rings. The normalized spacial score (nSPS) is 11.6. The first-order valence-electron chi connectivity index (χ1n) is 9.16. The van der Waals surface area contributed by atoms with E-state index in [0.29, 0.717) is 5.56 Å². The molecule has 0 aliphatic heterocycles. The van der Waals surface area contributed by atoms with Crippen LogP contribution in [0.1, 0.15) is 37.5 Å². The first kappa shape index (κ1) is 18.9. The fourth-order valence-corrected chi connectivity index (χ4v) is 3.06. The lowest BCUT2D eigenvalue weighted by Gasteiger charge is -2.29. The van der Waals surface area contributed by atoms with Crippen molar-refractivity contribution in [2.45, 2.75) is 41.2 Å². The van der Waals surface area contributed by atoms with Crippen LogP contribution in [0, 0.1) is 19.3 Å². The lowest BCUT2D eigenvalue weighted by Crippen LogP contribution is -2.40. The summed E-state index contributed by atoms with van der Waals surface area (Å²) in [6.07, 6.45) is 0. The highest BCUT2D eigenvalue weighted by atomic mass is 16.2. The van der Waals surface area contributed by atoms with Crippen molar-refractivity contribution in [1.29, 1.82) is 0 Å². The molecule has 0 radical (unpaired) electrons. The third-order valence-corrected chi connectivity index (χ3v) is 4.64. The molecule has 27 heavy (non-hydrogen) atoms. The van der Waals surface area contributed by atoms with E-state index in [2.05, 4.69) is 4.98 Å². The fraction of sp³-hybridized carbons (Fsp3) is 0.304. The molecule has 140 valence electrons. The van der Waals surface area contributed by atoms with Crippen LogP contribution in [-0.2, 0) is 11.3 Å². The van der Waals surface area contributed by atoms with Crippen molar-refractivity contribution in [2.75, 3.05) is 4.90 Å². The van der Waals surface area contributed by atoms with E-state index in [-0.39, 0.29) is 18.0 Å². The Labute approximate surface area is 159 Å². The van der Waals surface area contributed by atoms with Crippen LogP contribution in [0.5, 0.6) is 0 Å². The van der Waals surface area contributed by atoms with E-state index in [0.717, 1.165) is 27.7 Å². The number of hydrogen-bond acceptors (Lipinski definition) is 2. The zero-order valence-corrected chi connectivity index (χ0v) is 16.6. The molecule has 4 heteroatoms. The maximum Gasteiger partial charge on any atom is 0.253 e. The number of nitrogens with zero attached hydrogens (tertiary/aromatic N) is 1. The summed E-state index contributed by atoms with van der Waals surface area (Å²) < 4.78 is 0. The number of carbonyl (C=O) groups excluding carboxylic acids is 1. The lowest BCUT2D eigenvalue weighted by molar-refractivity contribution is -0.125. The van der Waals surface area contributed by atoms with Crippen molar-refractivity contribution in [3.05, 3.63) is 75.6 Å². The predicted octanol–water partition coefficient (Wildman–Crippen LogP) is 4.72. The summed E-state index contributed by atoms with van der Waals surface area (Å²) in [7, 11) is 0. The fourth-order valence-electron chi connectivity index (χ4n) is 3.06. The molecule has 1 N–H and O–H groups in total. The molecule has 0 aliphatic carbocycles. The number of aryl methyl sites for hydroxylation is 2. The number of nitrogens with one attached hydrogen (secondary N) is 1. The van der Waals surface area contributed by atoms with E-state index in [4.69, 9.17) is 0 Å². The Bertz CT molecular complexity index is 1040. The van der Waals surface area contributed by atoms with Crippen molar-refractivity contribution in [1.82, 2.24) is 4.98 Å². The number of aromatic nitrogens is 1. The van der Waals surface area contributed by atoms with Gasteiger partial charge in [0.25, 0.3) is 5.56 Å². The molecule has 1 heterocycles. The quantitative estimate of drug-likeness (QED) is 0.733. The minimum Gasteiger partial charge on any atom is -0.322 e. The Hall–Kier alpha value is -2.88. The summed E-state index contributed by atoms with van der Waals surface area (Å²) in [5.74, 6) is -0.0187. The molecule has 3 rings (SSSR count). The van der Waals surface area contributed by atoms with Gasteiger partial charge >= 0.3 is 0 Å². The summed E-state index contributed by atoms with van der Waals surface area (Å²) in [4.78, 5) is 30.4. The van der Waals surface area contributed by atoms with Gasteiger partial charge in [-0.15, -0.1) is 0 Å². The van der Waals surface area contributed by atoms with Crippen LogP contribution in [0.25, 0.3) is 10.9 Å². The van der Waals surface area contributed by atoms with Gasteiger partial charge in [-0.05, 0) is 49.1 Å². The van der Waals surface area contributed by atoms with Gasteiger partial charge in [0.1, 0.15) is 0 Å². The van der Waals surface area contributed by atoms with Gasteiger partial charge in [-0.25, -0.2) is 0 Å². The number of fused-ring (bicyclic) bond motifs is 1. The van der Waals surface area contributed by atoms with Gasteiger partial charge < -0.3 is 9.88 Å². The second-order valence-electron chi connectivity index (χ2n) is 8.19. The smallest absolute Gasteiger partial charge is 0.253 e. The number of benzene rings is 2. The molecule has 0 aliphatic rings. The van der Waals surface area contributed by atoms with E-state index in [1.807, 2.05) is 83.1 Å². The van der Waals surface area contributed by atoms with Crippen LogP contribution in [0.2, 0.25) is 0 Å². The van der Waals surface area contributed by atoms with Crippen molar-refractivity contribution in [3.8, 4) is 0 Å². The van der Waals surface area contributed by atoms with Gasteiger partial charge in [-0.2, -0.15) is 0 Å². The van der Waals surface area contributed by atoms with Crippen molar-refractivity contribution in [3.63, 3.8) is 0 Å². The number of anilines is 1. The highest BCUT2D eigenvalue weighted by Gasteiger charge is 2.29. The van der Waals surface area contributed by atoms with Gasteiger partial charge in [0.2, 0.25) is 5.91 Å². The highest BCUT2D eigenvalue weighted by molar-refractivity contribution is 5.97. The first-order valence-corrected chi connectivity index (χ1v) is 9.16. The van der Waals surface area contributed by atoms with E-state index in [1.165, 1.54) is 0 Å². The summed E-state index contributed by atoms with van der Waals surface area (Å²) in [6, 6.07) is 15.7. The zero-order valence-electron chi connectivity index (χ0n) is 16.6. The standard InChI is InChI=1S/C23H26N2O2/c1-15-7-10-19(11-8-15)25(22(27)23(3,4)5)14-18-13-17-9-6-16(2)12-20(17)24-21(18)26/h6-13H,14H2,1-5H3,(H,24,26). The first-order chi connectivity index (χ1) is 12.6. The Balaban J connectivity index is 2.06. The summed E-state index contributed by atoms with van der Waals surface area (Å²) in [5, 5.41) is 0.960. The second kappa shape index (κ2) is 7.03. The molecule has 0 atom stereocenters. The number of rotatable bonds is 3. The molecule has 0 bridgehead atoms. The topological polar surface area (TPSA) is 53.2 Å². The van der Waals surface area contributed by atoms with Gasteiger partial charge in [0.05, 0.1) is 6.54 Å². The number of pyridine rings is 1. The van der Waals surface area contributed by atoms with E-state index in [1.54, 1.807) is 4.90 Å². The molecule has 1 amide bonds. The maximum absolute atomic E-state index is 13.1. The highest BCUT2D eigenvalue weighted by Crippen LogP contribution is 2.25. The van der Waals surface area contributed by atoms with Gasteiger partial charge in [0, 0.05) is 22.2 Å². The molecule has 0 unspecified atom stereocenters. The number of carbonyl (C=O) groups is 1. The van der Waals surface area contributed by atoms with Crippen LogP contribution in [-0.4, -0.2) is 10.9 Å². The molecule has 2 aromatic carbocycles. The Morgan fingerprint density at radius 2 is 1.59 bits per heavy atom. The third-order valence-electron chi connectivity index (χ3n) is 4.64. The van der Waals surface area contributed by atoms with Crippen LogP contribution < -0.4 is 10.5 Å². The van der Waals surface area contributed by atoms with E-state index >= 15 is 0 Å². The van der Waals surface area contributed by atoms with Crippen LogP contribution >= 0.6 is 0 Å². The average Bonchev–Trinajstić information content (AvgIpc) is 2.59. The summed E-state index contributed by atoms with van der Waals surface area (Å²) in [6.45, 7) is 9.92. The van der Waals surface area contributed by atoms with Crippen LogP contribution in [0.15, 0.2) is 53.3 Å². The number of hydrogen-bond donors (Lipinski definition) is 1. The minimum atomic E-state index is -0.550. The van der Waals surface area contributed by atoms with Gasteiger partial charge in [-0.3, -0.25) is 9.59 Å². The molecule has 0 spiro atoms. The summed E-state index contributed by atoms with van der Waals surface area (Å²) in [5.41, 5.74) is 3.69. The molecule has 4 nitrogen and oxygen atoms in total. The van der Waals surface area contributed by atoms with Crippen molar-refractivity contribution >= 4 is 22.5 Å². The zero-order chi connectivity index (χ0) is 19.8. The van der Waals surface area contributed by atoms with Crippen LogP contribution in [0.3, 0.4) is 0 Å². The van der Waals surface area contributed by atoms with E-state index < -0.39 is 5.41 Å². The number of amides is 1. The molecule has 0 saturated heterocycles. The van der Waals surface area contributed by atoms with Crippen LogP contribution in [0.4, 0.5) is 5.69 Å². The SMILES string of the molecule is Cc1ccc(N(Cc2cc3ccc(C)cc3[nH]c2=O)C(=O)C(C)(C)C)cc1. The number of H-pyrrole nitrogens is 1. The maximum atomic E-state index is 13.1. The third kappa shape index (κ3) is 4.11. The molecule has 3 aromatic rings. The van der Waals surface area contributed by atoms with E-state index in [9.17, 15) is 9.59 Å². The minimum absolute atomic E-state index is 0.0187. The Morgan fingerprint density at radius 3 is 2.22 bits per heavy atom. The monoisotopic (exact) mass is 362 g/mol. The predicted molar refractivity (Wildman–Crippen MR) is 111 cm³/mol. The van der Waals surface area contributed by atoms with Gasteiger partial charge in [-0.1, -0.05) is 50.6 Å². The summed E-state index contributed by atoms with van der Waals surface area (Å²) >= 11 is 0. The average molecular weight is 362 g/mol. The molecular formula is C23H26N2O2. The van der Waals surface area contributed by atoms with Crippen molar-refractivity contribution in [2.24, 2.45) is 5.41 Å².